The molecule has 0 saturated heterocycles. The Hall–Kier alpha value is -1.33. The van der Waals surface area contributed by atoms with Gasteiger partial charge in [0.15, 0.2) is 0 Å². The van der Waals surface area contributed by atoms with Crippen molar-refractivity contribution < 1.29 is 9.47 Å². The van der Waals surface area contributed by atoms with Crippen LogP contribution in [0.5, 0.6) is 11.8 Å². The maximum atomic E-state index is 6.40. The number of nitrogens with zero attached hydrogens (tertiary/aromatic N) is 2. The van der Waals surface area contributed by atoms with E-state index < -0.39 is 0 Å². The third-order valence-electron chi connectivity index (χ3n) is 7.02. The normalized spacial score (nSPS) is 27.5. The minimum absolute atomic E-state index is 0. The van der Waals surface area contributed by atoms with Crippen molar-refractivity contribution in [3.05, 3.63) is 35.9 Å². The van der Waals surface area contributed by atoms with Crippen LogP contribution in [0.2, 0.25) is 0 Å². The van der Waals surface area contributed by atoms with Gasteiger partial charge in [-0.15, -0.1) is 21.2 Å². The van der Waals surface area contributed by atoms with Crippen molar-refractivity contribution in [2.45, 2.75) is 69.3 Å². The second-order valence-electron chi connectivity index (χ2n) is 8.68. The fourth-order valence-corrected chi connectivity index (χ4v) is 5.98. The van der Waals surface area contributed by atoms with Crippen LogP contribution in [-0.2, 0) is 0 Å². The van der Waals surface area contributed by atoms with Crippen LogP contribution in [0.4, 0.5) is 0 Å². The molecule has 1 unspecified atom stereocenters. The van der Waals surface area contributed by atoms with Gasteiger partial charge in [0.1, 0.15) is 5.60 Å². The largest absolute Gasteiger partial charge is 0.473 e. The van der Waals surface area contributed by atoms with Crippen molar-refractivity contribution in [1.82, 2.24) is 8.75 Å². The highest BCUT2D eigenvalue weighted by Crippen LogP contribution is 2.50. The molecule has 0 spiro atoms. The van der Waals surface area contributed by atoms with Gasteiger partial charge in [0.2, 0.25) is 0 Å². The summed E-state index contributed by atoms with van der Waals surface area (Å²) < 4.78 is 21.5. The summed E-state index contributed by atoms with van der Waals surface area (Å²) in [4.78, 5) is 0. The highest BCUT2D eigenvalue weighted by atomic mass is 35.5. The summed E-state index contributed by atoms with van der Waals surface area (Å²) in [5.41, 5.74) is 1.38. The molecular formula is C22H29ClN2O2S. The zero-order chi connectivity index (χ0) is 18.1. The maximum absolute atomic E-state index is 6.40. The molecule has 4 nitrogen and oxygen atoms in total. The zero-order valence-electron chi connectivity index (χ0n) is 16.2. The van der Waals surface area contributed by atoms with Gasteiger partial charge in [0.05, 0.1) is 18.3 Å². The van der Waals surface area contributed by atoms with Crippen LogP contribution in [0, 0.1) is 11.8 Å². The quantitative estimate of drug-likeness (QED) is 0.549. The Bertz CT molecular complexity index is 755. The lowest BCUT2D eigenvalue weighted by Crippen LogP contribution is -2.30. The van der Waals surface area contributed by atoms with Gasteiger partial charge in [-0.1, -0.05) is 43.2 Å². The third kappa shape index (κ3) is 4.02. The standard InChI is InChI=1S/C22H28N2O2S.ClH/c1-2-6-17(7-3-1)19(18-8-4-5-9-18)15-25-20-21(24-27-23-20)26-22-12-10-16(14-22)11-13-22;/h1-3,6-7,16,18-19H,4-5,8-15H2;1H/t16-,19?,22+;. The minimum atomic E-state index is 0. The summed E-state index contributed by atoms with van der Waals surface area (Å²) >= 11 is 1.20. The fraction of sp³-hybridized carbons (Fsp3) is 0.636. The summed E-state index contributed by atoms with van der Waals surface area (Å²) in [6, 6.07) is 10.8. The Morgan fingerprint density at radius 3 is 2.39 bits per heavy atom. The smallest absolute Gasteiger partial charge is 0.291 e. The minimum Gasteiger partial charge on any atom is -0.473 e. The number of hydrogen-bond acceptors (Lipinski definition) is 5. The van der Waals surface area contributed by atoms with Crippen molar-refractivity contribution in [3.63, 3.8) is 0 Å². The molecule has 3 aliphatic carbocycles. The molecule has 1 atom stereocenters. The molecular weight excluding hydrogens is 392 g/mol. The molecule has 0 radical (unpaired) electrons. The van der Waals surface area contributed by atoms with E-state index in [0.29, 0.717) is 30.2 Å². The van der Waals surface area contributed by atoms with Crippen LogP contribution in [0.1, 0.15) is 69.3 Å². The number of halogens is 1. The molecule has 1 aromatic carbocycles. The van der Waals surface area contributed by atoms with E-state index in [4.69, 9.17) is 9.47 Å². The lowest BCUT2D eigenvalue weighted by molar-refractivity contribution is 0.0697. The van der Waals surface area contributed by atoms with Crippen molar-refractivity contribution in [2.24, 2.45) is 11.8 Å². The van der Waals surface area contributed by atoms with Crippen LogP contribution >= 0.6 is 24.1 Å². The second-order valence-corrected chi connectivity index (χ2v) is 9.21. The second kappa shape index (κ2) is 8.58. The van der Waals surface area contributed by atoms with E-state index in [1.54, 1.807) is 0 Å². The molecule has 6 heteroatoms. The van der Waals surface area contributed by atoms with Gasteiger partial charge in [-0.05, 0) is 62.3 Å². The zero-order valence-corrected chi connectivity index (χ0v) is 17.9. The van der Waals surface area contributed by atoms with Crippen LogP contribution in [0.25, 0.3) is 0 Å². The molecule has 0 N–H and O–H groups in total. The first kappa shape index (κ1) is 20.0. The molecule has 152 valence electrons. The highest BCUT2D eigenvalue weighted by Gasteiger charge is 2.47. The number of rotatable bonds is 7. The molecule has 2 aromatic rings. The molecule has 0 amide bonds. The van der Waals surface area contributed by atoms with Crippen molar-refractivity contribution in [2.75, 3.05) is 6.61 Å². The van der Waals surface area contributed by atoms with Gasteiger partial charge in [-0.2, -0.15) is 0 Å². The fourth-order valence-electron chi connectivity index (χ4n) is 5.54. The number of ether oxygens (including phenoxy) is 2. The van der Waals surface area contributed by atoms with Crippen LogP contribution in [-0.4, -0.2) is 21.0 Å². The molecule has 1 aromatic heterocycles. The first-order valence-electron chi connectivity index (χ1n) is 10.5. The highest BCUT2D eigenvalue weighted by molar-refractivity contribution is 6.99. The first-order valence-corrected chi connectivity index (χ1v) is 11.2. The average molecular weight is 421 g/mol. The van der Waals surface area contributed by atoms with Crippen molar-refractivity contribution in [3.8, 4) is 11.8 Å². The summed E-state index contributed by atoms with van der Waals surface area (Å²) in [7, 11) is 0. The summed E-state index contributed by atoms with van der Waals surface area (Å²) in [5.74, 6) is 3.20. The summed E-state index contributed by atoms with van der Waals surface area (Å²) in [5, 5.41) is 0. The Morgan fingerprint density at radius 1 is 1.00 bits per heavy atom. The first-order chi connectivity index (χ1) is 13.3. The van der Waals surface area contributed by atoms with E-state index in [0.717, 1.165) is 18.8 Å². The number of hydrogen-bond donors (Lipinski definition) is 0. The van der Waals surface area contributed by atoms with E-state index in [2.05, 4.69) is 39.1 Å². The Kier molecular flexibility index (Phi) is 6.12. The Labute approximate surface area is 177 Å². The molecule has 3 aliphatic rings. The predicted octanol–water partition coefficient (Wildman–Crippen LogP) is 6.02. The molecule has 28 heavy (non-hydrogen) atoms. The van der Waals surface area contributed by atoms with E-state index in [9.17, 15) is 0 Å². The van der Waals surface area contributed by atoms with Gasteiger partial charge in [0.25, 0.3) is 11.8 Å². The molecule has 3 fully saturated rings. The van der Waals surface area contributed by atoms with Gasteiger partial charge >= 0.3 is 0 Å². The van der Waals surface area contributed by atoms with Crippen LogP contribution in [0.15, 0.2) is 30.3 Å². The van der Waals surface area contributed by atoms with Crippen LogP contribution < -0.4 is 9.47 Å². The lowest BCUT2D eigenvalue weighted by Gasteiger charge is -2.27. The van der Waals surface area contributed by atoms with Gasteiger partial charge in [-0.3, -0.25) is 0 Å². The van der Waals surface area contributed by atoms with Crippen LogP contribution in [0.3, 0.4) is 0 Å². The monoisotopic (exact) mass is 420 g/mol. The predicted molar refractivity (Wildman–Crippen MR) is 114 cm³/mol. The molecule has 2 bridgehead atoms. The van der Waals surface area contributed by atoms with Crippen molar-refractivity contribution >= 4 is 24.1 Å². The Morgan fingerprint density at radius 2 is 1.71 bits per heavy atom. The van der Waals surface area contributed by atoms with Gasteiger partial charge in [-0.25, -0.2) is 0 Å². The molecule has 5 rings (SSSR count). The molecule has 3 saturated carbocycles. The van der Waals surface area contributed by atoms with E-state index in [1.165, 1.54) is 62.2 Å². The topological polar surface area (TPSA) is 44.2 Å². The van der Waals surface area contributed by atoms with E-state index in [1.807, 2.05) is 0 Å². The number of fused-ring (bicyclic) bond motifs is 2. The number of benzene rings is 1. The SMILES string of the molecule is Cl.c1ccc(C(COc2nsnc2O[C@]23CC[C@@H](CC2)C3)C2CCCC2)cc1. The average Bonchev–Trinajstić information content (AvgIpc) is 3.49. The maximum Gasteiger partial charge on any atom is 0.291 e. The summed E-state index contributed by atoms with van der Waals surface area (Å²) in [6.07, 6.45) is 11.4. The van der Waals surface area contributed by atoms with Crippen molar-refractivity contribution in [1.29, 1.82) is 0 Å². The third-order valence-corrected chi connectivity index (χ3v) is 7.51. The van der Waals surface area contributed by atoms with E-state index >= 15 is 0 Å². The van der Waals surface area contributed by atoms with Gasteiger partial charge < -0.3 is 9.47 Å². The lowest BCUT2D eigenvalue weighted by atomic mass is 9.85. The van der Waals surface area contributed by atoms with Gasteiger partial charge in [0, 0.05) is 5.92 Å². The number of aromatic nitrogens is 2. The molecule has 0 aliphatic heterocycles. The molecule has 1 heterocycles. The Balaban J connectivity index is 0.00000192. The van der Waals surface area contributed by atoms with E-state index in [-0.39, 0.29) is 18.0 Å². The summed E-state index contributed by atoms with van der Waals surface area (Å²) in [6.45, 7) is 0.659.